The summed E-state index contributed by atoms with van der Waals surface area (Å²) in [5, 5.41) is 7.05. The highest BCUT2D eigenvalue weighted by molar-refractivity contribution is 7.98. The van der Waals surface area contributed by atoms with E-state index in [0.29, 0.717) is 0 Å². The highest BCUT2D eigenvalue weighted by Gasteiger charge is 2.34. The van der Waals surface area contributed by atoms with Crippen molar-refractivity contribution in [2.75, 3.05) is 40.2 Å². The first-order valence-electron chi connectivity index (χ1n) is 10.4. The van der Waals surface area contributed by atoms with E-state index in [2.05, 4.69) is 59.1 Å². The van der Waals surface area contributed by atoms with Crippen molar-refractivity contribution in [1.82, 2.24) is 10.6 Å². The van der Waals surface area contributed by atoms with Crippen molar-refractivity contribution in [2.24, 2.45) is 4.99 Å². The Morgan fingerprint density at radius 1 is 1.13 bits per heavy atom. The molecule has 5 nitrogen and oxygen atoms in total. The van der Waals surface area contributed by atoms with Crippen LogP contribution in [0.4, 0.5) is 0 Å². The number of rotatable bonds is 7. The molecular weight excluding hydrogens is 394 g/mol. The predicted octanol–water partition coefficient (Wildman–Crippen LogP) is 4.14. The molecule has 0 aromatic heterocycles. The number of thioether (sulfide) groups is 1. The summed E-state index contributed by atoms with van der Waals surface area (Å²) in [5.74, 6) is 1.70. The first kappa shape index (κ1) is 22.5. The molecule has 0 aliphatic carbocycles. The summed E-state index contributed by atoms with van der Waals surface area (Å²) in [4.78, 5) is 5.75. The summed E-state index contributed by atoms with van der Waals surface area (Å²) in [6.45, 7) is 5.24. The number of ether oxygens (including phenoxy) is 2. The zero-order valence-electron chi connectivity index (χ0n) is 18.5. The summed E-state index contributed by atoms with van der Waals surface area (Å²) < 4.78 is 11.0. The van der Waals surface area contributed by atoms with Crippen molar-refractivity contribution < 1.29 is 9.47 Å². The van der Waals surface area contributed by atoms with E-state index in [1.807, 2.05) is 19.2 Å². The number of aryl methyl sites for hydroxylation is 1. The zero-order valence-corrected chi connectivity index (χ0v) is 19.3. The van der Waals surface area contributed by atoms with Gasteiger partial charge in [0.2, 0.25) is 0 Å². The van der Waals surface area contributed by atoms with Gasteiger partial charge in [-0.25, -0.2) is 0 Å². The second-order valence-electron chi connectivity index (χ2n) is 7.72. The molecule has 0 bridgehead atoms. The molecule has 1 fully saturated rings. The van der Waals surface area contributed by atoms with Gasteiger partial charge < -0.3 is 20.1 Å². The number of aliphatic imine (C=N–C) groups is 1. The van der Waals surface area contributed by atoms with Crippen LogP contribution < -0.4 is 15.4 Å². The van der Waals surface area contributed by atoms with Gasteiger partial charge in [-0.15, -0.1) is 11.8 Å². The average Bonchev–Trinajstić information content (AvgIpc) is 2.80. The third-order valence-electron chi connectivity index (χ3n) is 5.86. The lowest BCUT2D eigenvalue weighted by Crippen LogP contribution is -2.47. The third kappa shape index (κ3) is 5.49. The van der Waals surface area contributed by atoms with Crippen LogP contribution in [0.2, 0.25) is 0 Å². The maximum Gasteiger partial charge on any atom is 0.191 e. The Morgan fingerprint density at radius 2 is 1.87 bits per heavy atom. The Bertz CT molecular complexity index is 846. The lowest BCUT2D eigenvalue weighted by molar-refractivity contribution is 0.0513. The predicted molar refractivity (Wildman–Crippen MR) is 126 cm³/mol. The Kier molecular flexibility index (Phi) is 8.05. The normalized spacial score (nSPS) is 16.2. The minimum absolute atomic E-state index is 0.0242. The second kappa shape index (κ2) is 10.7. The molecule has 2 N–H and O–H groups in total. The number of hydrogen-bond acceptors (Lipinski definition) is 4. The van der Waals surface area contributed by atoms with Crippen molar-refractivity contribution in [3.63, 3.8) is 0 Å². The van der Waals surface area contributed by atoms with Crippen molar-refractivity contribution >= 4 is 17.7 Å². The molecule has 1 aliphatic rings. The van der Waals surface area contributed by atoms with Crippen LogP contribution in [0.5, 0.6) is 5.75 Å². The number of nitrogens with one attached hydrogen (secondary N) is 2. The van der Waals surface area contributed by atoms with E-state index in [0.717, 1.165) is 50.9 Å². The van der Waals surface area contributed by atoms with Gasteiger partial charge in [-0.3, -0.25) is 4.99 Å². The van der Waals surface area contributed by atoms with Crippen LogP contribution in [0, 0.1) is 6.92 Å². The van der Waals surface area contributed by atoms with Crippen LogP contribution in [0.25, 0.3) is 0 Å². The maximum atomic E-state index is 5.66. The first-order valence-corrected chi connectivity index (χ1v) is 11.6. The fraction of sp³-hybridized carbons (Fsp3) is 0.458. The monoisotopic (exact) mass is 427 g/mol. The molecule has 1 saturated heterocycles. The largest absolute Gasteiger partial charge is 0.497 e. The molecule has 6 heteroatoms. The molecule has 0 amide bonds. The van der Waals surface area contributed by atoms with Gasteiger partial charge in [-0.2, -0.15) is 0 Å². The van der Waals surface area contributed by atoms with Gasteiger partial charge in [0.15, 0.2) is 5.96 Å². The van der Waals surface area contributed by atoms with E-state index < -0.39 is 0 Å². The van der Waals surface area contributed by atoms with Crippen molar-refractivity contribution in [3.8, 4) is 5.75 Å². The standard InChI is InChI=1S/C24H33N3O2S/c1-18-5-6-19(22(15-18)30-4)16-26-23(25-2)27-17-24(11-13-29-14-12-24)20-7-9-21(28-3)10-8-20/h5-10,15H,11-14,16-17H2,1-4H3,(H2,25,26,27). The van der Waals surface area contributed by atoms with E-state index >= 15 is 0 Å². The van der Waals surface area contributed by atoms with Crippen molar-refractivity contribution in [1.29, 1.82) is 0 Å². The second-order valence-corrected chi connectivity index (χ2v) is 8.56. The van der Waals surface area contributed by atoms with Gasteiger partial charge in [-0.1, -0.05) is 24.3 Å². The Hall–Kier alpha value is -2.18. The Labute approximate surface area is 184 Å². The van der Waals surface area contributed by atoms with Crippen LogP contribution >= 0.6 is 11.8 Å². The maximum absolute atomic E-state index is 5.66. The lowest BCUT2D eigenvalue weighted by Gasteiger charge is -2.38. The molecule has 0 atom stereocenters. The summed E-state index contributed by atoms with van der Waals surface area (Å²) in [5.41, 5.74) is 3.91. The number of benzene rings is 2. The first-order chi connectivity index (χ1) is 14.6. The quantitative estimate of drug-likeness (QED) is 0.395. The molecule has 2 aromatic carbocycles. The van der Waals surface area contributed by atoms with Crippen LogP contribution in [-0.2, 0) is 16.7 Å². The summed E-state index contributed by atoms with van der Waals surface area (Å²) in [6, 6.07) is 15.0. The van der Waals surface area contributed by atoms with E-state index in [1.54, 1.807) is 18.9 Å². The summed E-state index contributed by atoms with van der Waals surface area (Å²) >= 11 is 1.78. The fourth-order valence-electron chi connectivity index (χ4n) is 3.92. The van der Waals surface area contributed by atoms with Gasteiger partial charge in [0.05, 0.1) is 7.11 Å². The van der Waals surface area contributed by atoms with E-state index in [1.165, 1.54) is 21.6 Å². The topological polar surface area (TPSA) is 54.9 Å². The molecule has 0 saturated carbocycles. The SMILES string of the molecule is CN=C(NCc1ccc(C)cc1SC)NCC1(c2ccc(OC)cc2)CCOCC1. The van der Waals surface area contributed by atoms with Crippen LogP contribution in [0.1, 0.15) is 29.5 Å². The van der Waals surface area contributed by atoms with Crippen molar-refractivity contribution in [2.45, 2.75) is 36.6 Å². The van der Waals surface area contributed by atoms with E-state index in [9.17, 15) is 0 Å². The molecule has 1 heterocycles. The number of guanidine groups is 1. The molecular formula is C24H33N3O2S. The average molecular weight is 428 g/mol. The van der Waals surface area contributed by atoms with Crippen LogP contribution in [-0.4, -0.2) is 46.1 Å². The number of hydrogen-bond donors (Lipinski definition) is 2. The molecule has 0 spiro atoms. The molecule has 2 aromatic rings. The van der Waals surface area contributed by atoms with Gasteiger partial charge in [-0.05, 0) is 60.9 Å². The minimum Gasteiger partial charge on any atom is -0.497 e. The molecule has 1 aliphatic heterocycles. The minimum atomic E-state index is 0.0242. The van der Waals surface area contributed by atoms with Gasteiger partial charge in [0, 0.05) is 43.7 Å². The lowest BCUT2D eigenvalue weighted by atomic mass is 9.74. The third-order valence-corrected chi connectivity index (χ3v) is 6.68. The summed E-state index contributed by atoms with van der Waals surface area (Å²) in [7, 11) is 3.52. The van der Waals surface area contributed by atoms with Crippen molar-refractivity contribution in [3.05, 3.63) is 59.2 Å². The highest BCUT2D eigenvalue weighted by atomic mass is 32.2. The van der Waals surface area contributed by atoms with Crippen LogP contribution in [0.3, 0.4) is 0 Å². The smallest absolute Gasteiger partial charge is 0.191 e. The highest BCUT2D eigenvalue weighted by Crippen LogP contribution is 2.35. The van der Waals surface area contributed by atoms with Gasteiger partial charge in [0.25, 0.3) is 0 Å². The molecule has 162 valence electrons. The zero-order chi connectivity index (χ0) is 21.4. The fourth-order valence-corrected chi connectivity index (χ4v) is 4.63. The molecule has 0 unspecified atom stereocenters. The Balaban J connectivity index is 1.67. The molecule has 30 heavy (non-hydrogen) atoms. The Morgan fingerprint density at radius 3 is 2.50 bits per heavy atom. The van der Waals surface area contributed by atoms with E-state index in [-0.39, 0.29) is 5.41 Å². The number of nitrogens with zero attached hydrogens (tertiary/aromatic N) is 1. The van der Waals surface area contributed by atoms with E-state index in [4.69, 9.17) is 9.47 Å². The number of methoxy groups -OCH3 is 1. The summed E-state index contributed by atoms with van der Waals surface area (Å²) in [6.07, 6.45) is 4.09. The molecule has 0 radical (unpaired) electrons. The van der Waals surface area contributed by atoms with Gasteiger partial charge in [0.1, 0.15) is 5.75 Å². The van der Waals surface area contributed by atoms with Crippen LogP contribution in [0.15, 0.2) is 52.4 Å². The molecule has 3 rings (SSSR count). The van der Waals surface area contributed by atoms with Gasteiger partial charge >= 0.3 is 0 Å².